The number of carbonyl (C=O) groups excluding carboxylic acids is 2. The first-order chi connectivity index (χ1) is 16.7. The molecule has 6 atom stereocenters. The van der Waals surface area contributed by atoms with Gasteiger partial charge in [0.05, 0.1) is 18.3 Å². The van der Waals surface area contributed by atoms with E-state index in [-0.39, 0.29) is 30.5 Å². The molecule has 6 nitrogen and oxygen atoms in total. The van der Waals surface area contributed by atoms with Crippen LogP contribution in [-0.2, 0) is 19.1 Å². The van der Waals surface area contributed by atoms with E-state index in [9.17, 15) is 19.8 Å². The molecule has 1 aromatic carbocycles. The van der Waals surface area contributed by atoms with Gasteiger partial charge in [0, 0.05) is 11.5 Å². The average Bonchev–Trinajstić information content (AvgIpc) is 3.28. The number of benzene rings is 1. The lowest BCUT2D eigenvalue weighted by atomic mass is 9.46. The fourth-order valence-electron chi connectivity index (χ4n) is 6.63. The van der Waals surface area contributed by atoms with Crippen LogP contribution >= 0.6 is 0 Å². The second-order valence-corrected chi connectivity index (χ2v) is 10.7. The molecule has 4 rings (SSSR count). The summed E-state index contributed by atoms with van der Waals surface area (Å²) in [6.45, 7) is 8.61. The zero-order chi connectivity index (χ0) is 25.2. The quantitative estimate of drug-likeness (QED) is 0.345. The number of aliphatic hydroxyl groups is 2. The molecule has 2 unspecified atom stereocenters. The third kappa shape index (κ3) is 4.87. The fraction of sp³-hybridized carbons (Fsp3) is 0.517. The van der Waals surface area contributed by atoms with Crippen molar-refractivity contribution in [3.8, 4) is 0 Å². The molecular weight excluding hydrogens is 444 g/mol. The Morgan fingerprint density at radius 2 is 2.03 bits per heavy atom. The minimum Gasteiger partial charge on any atom is -0.458 e. The van der Waals surface area contributed by atoms with Gasteiger partial charge >= 0.3 is 11.9 Å². The number of hydrogen-bond acceptors (Lipinski definition) is 6. The first kappa shape index (κ1) is 25.4. The molecule has 3 aliphatic rings. The van der Waals surface area contributed by atoms with E-state index in [2.05, 4.69) is 13.5 Å². The molecule has 6 heteroatoms. The SMILES string of the molecule is C=C1CCC2[C@](C)(CO)[C@H](O)CC[C@]2(C)[C@H]1CC(OC(=O)/C=C/c1ccccc1)C1=CCOC1=O. The Morgan fingerprint density at radius 3 is 2.69 bits per heavy atom. The van der Waals surface area contributed by atoms with Crippen molar-refractivity contribution in [2.75, 3.05) is 13.2 Å². The lowest BCUT2D eigenvalue weighted by Crippen LogP contribution is -2.57. The molecule has 1 aliphatic heterocycles. The molecule has 0 amide bonds. The minimum atomic E-state index is -0.762. The van der Waals surface area contributed by atoms with E-state index in [1.165, 1.54) is 6.08 Å². The van der Waals surface area contributed by atoms with E-state index in [0.717, 1.165) is 30.4 Å². The third-order valence-corrected chi connectivity index (χ3v) is 8.71. The summed E-state index contributed by atoms with van der Waals surface area (Å²) in [5.41, 5.74) is 1.45. The Hall–Kier alpha value is -2.70. The first-order valence-corrected chi connectivity index (χ1v) is 12.5. The van der Waals surface area contributed by atoms with Crippen LogP contribution in [0.15, 0.2) is 60.2 Å². The lowest BCUT2D eigenvalue weighted by molar-refractivity contribution is -0.158. The van der Waals surface area contributed by atoms with Gasteiger partial charge in [-0.15, -0.1) is 0 Å². The van der Waals surface area contributed by atoms with E-state index in [4.69, 9.17) is 9.47 Å². The zero-order valence-corrected chi connectivity index (χ0v) is 20.6. The van der Waals surface area contributed by atoms with E-state index in [1.807, 2.05) is 37.3 Å². The van der Waals surface area contributed by atoms with Crippen LogP contribution in [0.2, 0.25) is 0 Å². The second-order valence-electron chi connectivity index (χ2n) is 10.7. The number of cyclic esters (lactones) is 1. The molecule has 0 radical (unpaired) electrons. The highest BCUT2D eigenvalue weighted by Crippen LogP contribution is 2.62. The summed E-state index contributed by atoms with van der Waals surface area (Å²) in [4.78, 5) is 25.3. The zero-order valence-electron chi connectivity index (χ0n) is 20.6. The molecule has 188 valence electrons. The van der Waals surface area contributed by atoms with Crippen LogP contribution in [0.4, 0.5) is 0 Å². The van der Waals surface area contributed by atoms with Crippen molar-refractivity contribution >= 4 is 18.0 Å². The van der Waals surface area contributed by atoms with Gasteiger partial charge in [0.25, 0.3) is 0 Å². The van der Waals surface area contributed by atoms with Crippen molar-refractivity contribution in [2.24, 2.45) is 22.7 Å². The smallest absolute Gasteiger partial charge is 0.337 e. The maximum atomic E-state index is 12.8. The van der Waals surface area contributed by atoms with Crippen molar-refractivity contribution in [1.29, 1.82) is 0 Å². The Morgan fingerprint density at radius 1 is 1.29 bits per heavy atom. The van der Waals surface area contributed by atoms with Gasteiger partial charge in [0.15, 0.2) is 0 Å². The van der Waals surface area contributed by atoms with Crippen molar-refractivity contribution in [3.05, 3.63) is 65.8 Å². The maximum Gasteiger partial charge on any atom is 0.337 e. The summed E-state index contributed by atoms with van der Waals surface area (Å²) in [5, 5.41) is 21.0. The number of ether oxygens (including phenoxy) is 2. The summed E-state index contributed by atoms with van der Waals surface area (Å²) in [5.74, 6) is -0.943. The highest BCUT2D eigenvalue weighted by atomic mass is 16.6. The monoisotopic (exact) mass is 480 g/mol. The van der Waals surface area contributed by atoms with Crippen LogP contribution in [0.5, 0.6) is 0 Å². The normalized spacial score (nSPS) is 33.7. The number of rotatable bonds is 7. The van der Waals surface area contributed by atoms with E-state index < -0.39 is 29.6 Å². The molecule has 0 spiro atoms. The van der Waals surface area contributed by atoms with Gasteiger partial charge in [0.2, 0.25) is 0 Å². The Bertz CT molecular complexity index is 1030. The summed E-state index contributed by atoms with van der Waals surface area (Å²) in [6.07, 6.45) is 6.81. The Balaban J connectivity index is 1.59. The molecule has 35 heavy (non-hydrogen) atoms. The van der Waals surface area contributed by atoms with Crippen LogP contribution in [0, 0.1) is 22.7 Å². The van der Waals surface area contributed by atoms with Gasteiger partial charge in [-0.1, -0.05) is 56.3 Å². The molecule has 0 saturated heterocycles. The van der Waals surface area contributed by atoms with E-state index in [1.54, 1.807) is 12.2 Å². The second kappa shape index (κ2) is 10.1. The fourth-order valence-corrected chi connectivity index (χ4v) is 6.63. The predicted molar refractivity (Wildman–Crippen MR) is 133 cm³/mol. The van der Waals surface area contributed by atoms with Crippen LogP contribution in [0.3, 0.4) is 0 Å². The minimum absolute atomic E-state index is 0.0372. The van der Waals surface area contributed by atoms with Gasteiger partial charge in [-0.3, -0.25) is 0 Å². The molecule has 2 aliphatic carbocycles. The average molecular weight is 481 g/mol. The predicted octanol–water partition coefficient (Wildman–Crippen LogP) is 4.23. The lowest BCUT2D eigenvalue weighted by Gasteiger charge is -2.60. The number of aliphatic hydroxyl groups excluding tert-OH is 2. The molecule has 2 saturated carbocycles. The number of carbonyl (C=O) groups is 2. The molecule has 2 N–H and O–H groups in total. The van der Waals surface area contributed by atoms with Gasteiger partial charge in [-0.05, 0) is 67.1 Å². The van der Waals surface area contributed by atoms with Crippen molar-refractivity contribution in [1.82, 2.24) is 0 Å². The molecular formula is C29H36O6. The number of hydrogen-bond donors (Lipinski definition) is 2. The summed E-state index contributed by atoms with van der Waals surface area (Å²) in [6, 6.07) is 9.46. The molecule has 0 bridgehead atoms. The standard InChI is InChI=1S/C29H36O6/c1-19-9-11-24-28(2,15-13-25(31)29(24,3)18-30)22(19)17-23(21-14-16-34-27(21)33)35-26(32)12-10-20-7-5-4-6-8-20/h4-8,10,12,14,22-25,30-31H,1,9,11,13,15-18H2,2-3H3/b12-10+/t22-,23?,24?,25+,28+,29-/m0/s1. The summed E-state index contributed by atoms with van der Waals surface area (Å²) < 4.78 is 11.0. The van der Waals surface area contributed by atoms with Crippen LogP contribution in [0.1, 0.15) is 51.5 Å². The molecule has 1 aromatic rings. The van der Waals surface area contributed by atoms with Crippen molar-refractivity contribution in [3.63, 3.8) is 0 Å². The number of allylic oxidation sites excluding steroid dienone is 1. The number of esters is 2. The Labute approximate surface area is 207 Å². The van der Waals surface area contributed by atoms with Gasteiger partial charge in [0.1, 0.15) is 12.7 Å². The number of fused-ring (bicyclic) bond motifs is 1. The maximum absolute atomic E-state index is 12.8. The first-order valence-electron chi connectivity index (χ1n) is 12.5. The van der Waals surface area contributed by atoms with Gasteiger partial charge < -0.3 is 19.7 Å². The van der Waals surface area contributed by atoms with Crippen LogP contribution in [0.25, 0.3) is 6.08 Å². The topological polar surface area (TPSA) is 93.1 Å². The summed E-state index contributed by atoms with van der Waals surface area (Å²) in [7, 11) is 0. The van der Waals surface area contributed by atoms with Crippen LogP contribution in [-0.4, -0.2) is 47.6 Å². The van der Waals surface area contributed by atoms with E-state index >= 15 is 0 Å². The van der Waals surface area contributed by atoms with Crippen LogP contribution < -0.4 is 0 Å². The molecule has 2 fully saturated rings. The van der Waals surface area contributed by atoms with Gasteiger partial charge in [-0.2, -0.15) is 0 Å². The Kier molecular flexibility index (Phi) is 7.34. The highest BCUT2D eigenvalue weighted by molar-refractivity contribution is 5.93. The summed E-state index contributed by atoms with van der Waals surface area (Å²) >= 11 is 0. The van der Waals surface area contributed by atoms with Gasteiger partial charge in [-0.25, -0.2) is 9.59 Å². The van der Waals surface area contributed by atoms with Crippen molar-refractivity contribution < 1.29 is 29.3 Å². The molecule has 1 heterocycles. The molecule has 0 aromatic heterocycles. The van der Waals surface area contributed by atoms with E-state index in [0.29, 0.717) is 18.4 Å². The van der Waals surface area contributed by atoms with Crippen molar-refractivity contribution in [2.45, 2.75) is 58.2 Å². The highest BCUT2D eigenvalue weighted by Gasteiger charge is 2.58. The third-order valence-electron chi connectivity index (χ3n) is 8.71. The largest absolute Gasteiger partial charge is 0.458 e.